The first-order valence-corrected chi connectivity index (χ1v) is 6.82. The minimum Gasteiger partial charge on any atom is -0.384 e. The van der Waals surface area contributed by atoms with E-state index in [-0.39, 0.29) is 5.91 Å². The molecule has 0 atom stereocenters. The summed E-state index contributed by atoms with van der Waals surface area (Å²) >= 11 is 0. The number of aromatic nitrogens is 3. The number of nitrogens with zero attached hydrogens (tertiary/aromatic N) is 2. The number of aromatic amines is 1. The number of nitrogen functional groups attached to an aromatic ring is 1. The molecule has 0 aliphatic carbocycles. The number of nitrogens with two attached hydrogens (primary N) is 1. The molecule has 0 unspecified atom stereocenters. The van der Waals surface area contributed by atoms with E-state index in [1.165, 1.54) is 0 Å². The molecule has 2 aromatic heterocycles. The lowest BCUT2D eigenvalue weighted by Gasteiger charge is -2.03. The molecule has 22 heavy (non-hydrogen) atoms. The average Bonchev–Trinajstić information content (AvgIpc) is 3.05. The number of anilines is 1. The molecule has 1 aromatic carbocycles. The van der Waals surface area contributed by atoms with Crippen molar-refractivity contribution in [2.75, 3.05) is 5.73 Å². The van der Waals surface area contributed by atoms with Crippen LogP contribution in [0.15, 0.2) is 54.7 Å². The summed E-state index contributed by atoms with van der Waals surface area (Å²) in [5.41, 5.74) is 8.51. The van der Waals surface area contributed by atoms with Crippen LogP contribution in [0.3, 0.4) is 0 Å². The van der Waals surface area contributed by atoms with Gasteiger partial charge in [-0.3, -0.25) is 9.89 Å². The van der Waals surface area contributed by atoms with E-state index in [1.54, 1.807) is 18.3 Å². The monoisotopic (exact) mass is 293 g/mol. The van der Waals surface area contributed by atoms with Crippen molar-refractivity contribution in [2.24, 2.45) is 0 Å². The van der Waals surface area contributed by atoms with Gasteiger partial charge in [0.15, 0.2) is 0 Å². The molecule has 1 amide bonds. The second kappa shape index (κ2) is 6.09. The lowest BCUT2D eigenvalue weighted by atomic mass is 10.1. The number of benzene rings is 1. The molecular formula is C16H15N5O. The number of carbonyl (C=O) groups excluding carboxylic acids is 1. The number of pyridine rings is 1. The van der Waals surface area contributed by atoms with Crippen molar-refractivity contribution in [2.45, 2.75) is 6.54 Å². The van der Waals surface area contributed by atoms with Gasteiger partial charge in [0.25, 0.3) is 5.91 Å². The highest BCUT2D eigenvalue weighted by Crippen LogP contribution is 2.16. The first kappa shape index (κ1) is 13.8. The second-order valence-electron chi connectivity index (χ2n) is 4.81. The zero-order chi connectivity index (χ0) is 15.4. The van der Waals surface area contributed by atoms with Crippen LogP contribution in [-0.2, 0) is 6.54 Å². The Hall–Kier alpha value is -3.15. The zero-order valence-corrected chi connectivity index (χ0v) is 11.8. The van der Waals surface area contributed by atoms with Crippen LogP contribution in [0.1, 0.15) is 16.1 Å². The van der Waals surface area contributed by atoms with Gasteiger partial charge in [-0.15, -0.1) is 0 Å². The first-order valence-electron chi connectivity index (χ1n) is 6.82. The van der Waals surface area contributed by atoms with Crippen LogP contribution >= 0.6 is 0 Å². The Balaban J connectivity index is 1.66. The van der Waals surface area contributed by atoms with Crippen molar-refractivity contribution in [1.82, 2.24) is 20.5 Å². The number of hydrogen-bond acceptors (Lipinski definition) is 4. The lowest BCUT2D eigenvalue weighted by Crippen LogP contribution is -2.23. The van der Waals surface area contributed by atoms with E-state index in [0.29, 0.717) is 18.1 Å². The first-order chi connectivity index (χ1) is 10.7. The van der Waals surface area contributed by atoms with Crippen molar-refractivity contribution in [3.63, 3.8) is 0 Å². The summed E-state index contributed by atoms with van der Waals surface area (Å²) in [5.74, 6) is 0.239. The predicted molar refractivity (Wildman–Crippen MR) is 83.8 cm³/mol. The molecule has 6 heteroatoms. The minimum absolute atomic E-state index is 0.216. The summed E-state index contributed by atoms with van der Waals surface area (Å²) in [4.78, 5) is 16.1. The summed E-state index contributed by atoms with van der Waals surface area (Å²) < 4.78 is 0. The molecule has 0 fully saturated rings. The molecular weight excluding hydrogens is 278 g/mol. The van der Waals surface area contributed by atoms with Crippen molar-refractivity contribution in [1.29, 1.82) is 0 Å². The van der Waals surface area contributed by atoms with Gasteiger partial charge in [-0.1, -0.05) is 36.4 Å². The van der Waals surface area contributed by atoms with Gasteiger partial charge in [0, 0.05) is 18.3 Å². The predicted octanol–water partition coefficient (Wildman–Crippen LogP) is 1.98. The van der Waals surface area contributed by atoms with E-state index < -0.39 is 0 Å². The van der Waals surface area contributed by atoms with Gasteiger partial charge >= 0.3 is 0 Å². The Morgan fingerprint density at radius 2 is 2.00 bits per heavy atom. The van der Waals surface area contributed by atoms with Crippen molar-refractivity contribution in [3.05, 3.63) is 66.0 Å². The SMILES string of the molecule is Nc1ccc(CNC(=O)c2cc(-c3ccccc3)n[nH]2)cn1. The number of hydrogen-bond donors (Lipinski definition) is 3. The van der Waals surface area contributed by atoms with Gasteiger partial charge in [0.2, 0.25) is 0 Å². The van der Waals surface area contributed by atoms with Gasteiger partial charge in [-0.25, -0.2) is 4.98 Å². The number of nitrogens with one attached hydrogen (secondary N) is 2. The number of amides is 1. The largest absolute Gasteiger partial charge is 0.384 e. The average molecular weight is 293 g/mol. The molecule has 0 saturated heterocycles. The normalized spacial score (nSPS) is 10.4. The molecule has 0 bridgehead atoms. The highest BCUT2D eigenvalue weighted by atomic mass is 16.1. The summed E-state index contributed by atoms with van der Waals surface area (Å²) in [6.07, 6.45) is 1.64. The summed E-state index contributed by atoms with van der Waals surface area (Å²) in [7, 11) is 0. The van der Waals surface area contributed by atoms with Gasteiger partial charge in [-0.2, -0.15) is 5.10 Å². The standard InChI is InChI=1S/C16H15N5O/c17-15-7-6-11(9-18-15)10-19-16(22)14-8-13(20-21-14)12-4-2-1-3-5-12/h1-9H,10H2,(H2,17,18)(H,19,22)(H,20,21). The maximum Gasteiger partial charge on any atom is 0.269 e. The molecule has 3 rings (SSSR count). The molecule has 0 radical (unpaired) electrons. The fraction of sp³-hybridized carbons (Fsp3) is 0.0625. The van der Waals surface area contributed by atoms with Gasteiger partial charge in [0.05, 0.1) is 5.69 Å². The third-order valence-electron chi connectivity index (χ3n) is 3.19. The Labute approximate surface area is 127 Å². The topological polar surface area (TPSA) is 96.7 Å². The number of rotatable bonds is 4. The van der Waals surface area contributed by atoms with E-state index in [1.807, 2.05) is 36.4 Å². The minimum atomic E-state index is -0.216. The van der Waals surface area contributed by atoms with E-state index in [2.05, 4.69) is 20.5 Å². The Morgan fingerprint density at radius 1 is 1.18 bits per heavy atom. The quantitative estimate of drug-likeness (QED) is 0.685. The Kier molecular flexibility index (Phi) is 3.82. The van der Waals surface area contributed by atoms with Crippen LogP contribution < -0.4 is 11.1 Å². The maximum absolute atomic E-state index is 12.1. The molecule has 4 N–H and O–H groups in total. The molecule has 110 valence electrons. The molecule has 3 aromatic rings. The third kappa shape index (κ3) is 3.12. The summed E-state index contributed by atoms with van der Waals surface area (Å²) in [6, 6.07) is 14.9. The van der Waals surface area contributed by atoms with Gasteiger partial charge in [0.1, 0.15) is 11.5 Å². The number of H-pyrrole nitrogens is 1. The molecule has 0 aliphatic rings. The lowest BCUT2D eigenvalue weighted by molar-refractivity contribution is 0.0946. The zero-order valence-electron chi connectivity index (χ0n) is 11.8. The van der Waals surface area contributed by atoms with Crippen LogP contribution in [-0.4, -0.2) is 21.1 Å². The smallest absolute Gasteiger partial charge is 0.269 e. The molecule has 0 spiro atoms. The Bertz CT molecular complexity index is 765. The summed E-state index contributed by atoms with van der Waals surface area (Å²) in [5, 5.41) is 9.72. The second-order valence-corrected chi connectivity index (χ2v) is 4.81. The van der Waals surface area contributed by atoms with E-state index >= 15 is 0 Å². The van der Waals surface area contributed by atoms with Crippen LogP contribution in [0.25, 0.3) is 11.3 Å². The molecule has 0 aliphatic heterocycles. The maximum atomic E-state index is 12.1. The van der Waals surface area contributed by atoms with Crippen LogP contribution in [0.5, 0.6) is 0 Å². The van der Waals surface area contributed by atoms with Crippen LogP contribution in [0, 0.1) is 0 Å². The van der Waals surface area contributed by atoms with Crippen LogP contribution in [0.2, 0.25) is 0 Å². The molecule has 0 saturated carbocycles. The van der Waals surface area contributed by atoms with Gasteiger partial charge < -0.3 is 11.1 Å². The van der Waals surface area contributed by atoms with E-state index in [4.69, 9.17) is 5.73 Å². The van der Waals surface area contributed by atoms with Crippen molar-refractivity contribution < 1.29 is 4.79 Å². The third-order valence-corrected chi connectivity index (χ3v) is 3.19. The highest BCUT2D eigenvalue weighted by molar-refractivity contribution is 5.93. The molecule has 2 heterocycles. The fourth-order valence-corrected chi connectivity index (χ4v) is 2.01. The fourth-order valence-electron chi connectivity index (χ4n) is 2.01. The van der Waals surface area contributed by atoms with Gasteiger partial charge in [-0.05, 0) is 17.7 Å². The summed E-state index contributed by atoms with van der Waals surface area (Å²) in [6.45, 7) is 0.381. The van der Waals surface area contributed by atoms with Crippen molar-refractivity contribution >= 4 is 11.7 Å². The van der Waals surface area contributed by atoms with E-state index in [9.17, 15) is 4.79 Å². The van der Waals surface area contributed by atoms with Crippen LogP contribution in [0.4, 0.5) is 5.82 Å². The van der Waals surface area contributed by atoms with E-state index in [0.717, 1.165) is 16.8 Å². The highest BCUT2D eigenvalue weighted by Gasteiger charge is 2.10. The molecule has 6 nitrogen and oxygen atoms in total. The Morgan fingerprint density at radius 3 is 2.73 bits per heavy atom. The number of carbonyl (C=O) groups is 1. The van der Waals surface area contributed by atoms with Crippen molar-refractivity contribution in [3.8, 4) is 11.3 Å².